The lowest BCUT2D eigenvalue weighted by atomic mass is 9.84. The van der Waals surface area contributed by atoms with Gasteiger partial charge in [0.1, 0.15) is 12.4 Å². The zero-order chi connectivity index (χ0) is 19.4. The molecule has 1 saturated carbocycles. The monoisotopic (exact) mass is 387 g/mol. The van der Waals surface area contributed by atoms with Gasteiger partial charge in [0.15, 0.2) is 0 Å². The highest BCUT2D eigenvalue weighted by molar-refractivity contribution is 7.91. The molecule has 2 aliphatic rings. The van der Waals surface area contributed by atoms with E-state index in [4.69, 9.17) is 4.74 Å². The van der Waals surface area contributed by atoms with Crippen molar-refractivity contribution in [3.8, 4) is 5.75 Å². The Morgan fingerprint density at radius 1 is 1.04 bits per heavy atom. The molecule has 0 spiro atoms. The maximum atomic E-state index is 12.9. The fourth-order valence-corrected chi connectivity index (χ4v) is 4.51. The Hall–Kier alpha value is -2.34. The smallest absolute Gasteiger partial charge is 0.230 e. The number of fused-ring (bicyclic) bond motifs is 1. The lowest BCUT2D eigenvalue weighted by Crippen LogP contribution is -2.43. The van der Waals surface area contributed by atoms with Crippen molar-refractivity contribution < 1.29 is 17.9 Å². The van der Waals surface area contributed by atoms with Gasteiger partial charge in [-0.15, -0.1) is 0 Å². The van der Waals surface area contributed by atoms with Crippen molar-refractivity contribution in [2.24, 2.45) is 5.92 Å². The van der Waals surface area contributed by atoms with Crippen LogP contribution in [0.15, 0.2) is 58.3 Å². The summed E-state index contributed by atoms with van der Waals surface area (Å²) in [5, 5.41) is 0. The highest BCUT2D eigenvalue weighted by Gasteiger charge is 2.33. The topological polar surface area (TPSA) is 63.7 Å². The fourth-order valence-electron chi connectivity index (χ4n) is 3.20. The minimum Gasteiger partial charge on any atom is -0.490 e. The van der Waals surface area contributed by atoms with Gasteiger partial charge in [0.2, 0.25) is 15.7 Å². The molecule has 1 fully saturated rings. The number of amides is 1. The number of hydrogen-bond acceptors (Lipinski definition) is 4. The summed E-state index contributed by atoms with van der Waals surface area (Å²) >= 11 is 0. The average Bonchev–Trinajstić information content (AvgIpc) is 2.68. The van der Waals surface area contributed by atoms with Crippen LogP contribution in [0.2, 0.25) is 0 Å². The molecule has 1 heterocycles. The van der Waals surface area contributed by atoms with Crippen molar-refractivity contribution >= 4 is 21.4 Å². The molecule has 1 amide bonds. The molecule has 144 valence electrons. The number of hydrogen-bond donors (Lipinski definition) is 0. The van der Waals surface area contributed by atoms with Gasteiger partial charge in [0.25, 0.3) is 0 Å². The Morgan fingerprint density at radius 3 is 2.37 bits per heavy atom. The van der Waals surface area contributed by atoms with Crippen molar-refractivity contribution in [3.05, 3.63) is 48.5 Å². The first-order chi connectivity index (χ1) is 13.1. The standard InChI is InChI=1S/C19H19NO4S.C2H6/c21-19(14-5-4-6-14)20-11-12-24-18-10-9-16(13-17(18)20)25(22,23)15-7-2-1-3-8-15;1-2/h1-3,7-10,13-14H,4-6,11-12H2;1-2H3. The molecule has 1 aliphatic heterocycles. The second kappa shape index (κ2) is 8.13. The van der Waals surface area contributed by atoms with Crippen LogP contribution in [0.25, 0.3) is 0 Å². The molecular formula is C21H25NO4S. The molecule has 0 saturated heterocycles. The maximum Gasteiger partial charge on any atom is 0.230 e. The van der Waals surface area contributed by atoms with E-state index in [2.05, 4.69) is 0 Å². The summed E-state index contributed by atoms with van der Waals surface area (Å²) in [6, 6.07) is 13.1. The zero-order valence-corrected chi connectivity index (χ0v) is 16.5. The zero-order valence-electron chi connectivity index (χ0n) is 15.7. The van der Waals surface area contributed by atoms with Crippen molar-refractivity contribution in [1.29, 1.82) is 0 Å². The van der Waals surface area contributed by atoms with Gasteiger partial charge in [-0.05, 0) is 43.2 Å². The van der Waals surface area contributed by atoms with Crippen LogP contribution in [0.5, 0.6) is 5.75 Å². The third kappa shape index (κ3) is 3.72. The van der Waals surface area contributed by atoms with Crippen LogP contribution in [-0.4, -0.2) is 27.5 Å². The van der Waals surface area contributed by atoms with Crippen LogP contribution in [0.4, 0.5) is 5.69 Å². The number of sulfone groups is 1. The highest BCUT2D eigenvalue weighted by Crippen LogP contribution is 2.38. The summed E-state index contributed by atoms with van der Waals surface area (Å²) in [5.41, 5.74) is 0.556. The van der Waals surface area contributed by atoms with E-state index < -0.39 is 9.84 Å². The van der Waals surface area contributed by atoms with E-state index >= 15 is 0 Å². The van der Waals surface area contributed by atoms with Crippen LogP contribution in [0.3, 0.4) is 0 Å². The second-order valence-electron chi connectivity index (χ2n) is 6.41. The van der Waals surface area contributed by atoms with Crippen molar-refractivity contribution in [3.63, 3.8) is 0 Å². The normalized spacial score (nSPS) is 16.3. The summed E-state index contributed by atoms with van der Waals surface area (Å²) in [4.78, 5) is 14.8. The largest absolute Gasteiger partial charge is 0.490 e. The lowest BCUT2D eigenvalue weighted by Gasteiger charge is -2.35. The van der Waals surface area contributed by atoms with Crippen LogP contribution >= 0.6 is 0 Å². The third-order valence-electron chi connectivity index (χ3n) is 4.88. The molecule has 0 radical (unpaired) electrons. The first-order valence-electron chi connectivity index (χ1n) is 9.46. The van der Waals surface area contributed by atoms with Crippen LogP contribution in [0.1, 0.15) is 33.1 Å². The van der Waals surface area contributed by atoms with Crippen molar-refractivity contribution in [2.75, 3.05) is 18.1 Å². The van der Waals surface area contributed by atoms with E-state index in [-0.39, 0.29) is 21.6 Å². The van der Waals surface area contributed by atoms with Gasteiger partial charge < -0.3 is 9.64 Å². The number of benzene rings is 2. The quantitative estimate of drug-likeness (QED) is 0.796. The summed E-state index contributed by atoms with van der Waals surface area (Å²) in [6.07, 6.45) is 2.90. The van der Waals surface area contributed by atoms with Gasteiger partial charge in [0.05, 0.1) is 22.0 Å². The molecule has 2 aromatic carbocycles. The lowest BCUT2D eigenvalue weighted by molar-refractivity contribution is -0.125. The van der Waals surface area contributed by atoms with E-state index in [1.54, 1.807) is 53.4 Å². The molecule has 4 rings (SSSR count). The number of carbonyl (C=O) groups is 1. The fraction of sp³-hybridized carbons (Fsp3) is 0.381. The van der Waals surface area contributed by atoms with Crippen molar-refractivity contribution in [2.45, 2.75) is 42.9 Å². The predicted molar refractivity (Wildman–Crippen MR) is 105 cm³/mol. The van der Waals surface area contributed by atoms with Gasteiger partial charge in [-0.3, -0.25) is 4.79 Å². The van der Waals surface area contributed by atoms with E-state index in [0.29, 0.717) is 24.6 Å². The van der Waals surface area contributed by atoms with Gasteiger partial charge in [-0.1, -0.05) is 38.5 Å². The summed E-state index contributed by atoms with van der Waals surface area (Å²) < 4.78 is 31.3. The Kier molecular flexibility index (Phi) is 5.85. The van der Waals surface area contributed by atoms with Crippen LogP contribution in [0, 0.1) is 5.92 Å². The first-order valence-corrected chi connectivity index (χ1v) is 10.9. The number of rotatable bonds is 3. The number of nitrogens with zero attached hydrogens (tertiary/aromatic N) is 1. The predicted octanol–water partition coefficient (Wildman–Crippen LogP) is 4.07. The SMILES string of the molecule is CC.O=C(C1CCC1)N1CCOc2ccc(S(=O)(=O)c3ccccc3)cc21. The second-order valence-corrected chi connectivity index (χ2v) is 8.36. The highest BCUT2D eigenvalue weighted by atomic mass is 32.2. The molecule has 2 aromatic rings. The van der Waals surface area contributed by atoms with E-state index in [1.807, 2.05) is 13.8 Å². The molecule has 27 heavy (non-hydrogen) atoms. The summed E-state index contributed by atoms with van der Waals surface area (Å²) in [5.74, 6) is 0.691. The Balaban J connectivity index is 0.00000102. The third-order valence-corrected chi connectivity index (χ3v) is 6.65. The molecule has 5 nitrogen and oxygen atoms in total. The summed E-state index contributed by atoms with van der Waals surface area (Å²) in [6.45, 7) is 4.88. The molecule has 6 heteroatoms. The molecule has 0 N–H and O–H groups in total. The van der Waals surface area contributed by atoms with E-state index in [9.17, 15) is 13.2 Å². The van der Waals surface area contributed by atoms with E-state index in [0.717, 1.165) is 19.3 Å². The minimum atomic E-state index is -3.63. The van der Waals surface area contributed by atoms with E-state index in [1.165, 1.54) is 0 Å². The average molecular weight is 388 g/mol. The van der Waals surface area contributed by atoms with Gasteiger partial charge in [-0.2, -0.15) is 0 Å². The minimum absolute atomic E-state index is 0.0559. The number of ether oxygens (including phenoxy) is 1. The van der Waals surface area contributed by atoms with Crippen LogP contribution in [-0.2, 0) is 14.6 Å². The van der Waals surface area contributed by atoms with Gasteiger partial charge in [-0.25, -0.2) is 8.42 Å². The molecule has 0 unspecified atom stereocenters. The Bertz CT molecular complexity index is 905. The molecule has 1 aliphatic carbocycles. The van der Waals surface area contributed by atoms with Crippen molar-refractivity contribution in [1.82, 2.24) is 0 Å². The van der Waals surface area contributed by atoms with Gasteiger partial charge in [0, 0.05) is 5.92 Å². The van der Waals surface area contributed by atoms with Gasteiger partial charge >= 0.3 is 0 Å². The molecule has 0 aromatic heterocycles. The summed E-state index contributed by atoms with van der Waals surface area (Å²) in [7, 11) is -3.63. The first kappa shape index (κ1) is 19.4. The number of carbonyl (C=O) groups excluding carboxylic acids is 1. The molecular weight excluding hydrogens is 362 g/mol. The number of anilines is 1. The Labute approximate surface area is 160 Å². The molecule has 0 bridgehead atoms. The van der Waals surface area contributed by atoms with Crippen LogP contribution < -0.4 is 9.64 Å². The molecule has 0 atom stereocenters. The maximum absolute atomic E-state index is 12.9. The Morgan fingerprint density at radius 2 is 1.74 bits per heavy atom.